The number of hydrogen-bond donors (Lipinski definition) is 0. The molecule has 0 N–H and O–H groups in total. The third-order valence-electron chi connectivity index (χ3n) is 3.96. The summed E-state index contributed by atoms with van der Waals surface area (Å²) in [4.78, 5) is 0. The zero-order valence-electron chi connectivity index (χ0n) is 7.18. The van der Waals surface area contributed by atoms with Crippen LogP contribution in [0.5, 0.6) is 0 Å². The van der Waals surface area contributed by atoms with E-state index in [-0.39, 0.29) is 0 Å². The number of halogens is 2. The molecule has 70 valence electrons. The monoisotopic (exact) mass is 224 g/mol. The van der Waals surface area contributed by atoms with Crippen molar-refractivity contribution in [3.8, 4) is 0 Å². The molecular weight excluding hydrogens is 210 g/mol. The molecule has 0 amide bonds. The molecule has 3 heteroatoms. The third kappa shape index (κ3) is 1.15. The Kier molecular flexibility index (Phi) is 1.49. The zero-order valence-corrected chi connectivity index (χ0v) is 9.58. The summed E-state index contributed by atoms with van der Waals surface area (Å²) >= 11 is 13.4. The van der Waals surface area contributed by atoms with Gasteiger partial charge >= 0.3 is 83.3 Å². The predicted octanol–water partition coefficient (Wildman–Crippen LogP) is 3.91. The van der Waals surface area contributed by atoms with Crippen LogP contribution in [0.4, 0.5) is 0 Å². The molecule has 0 nitrogen and oxygen atoms in total. The molecule has 4 aliphatic rings. The van der Waals surface area contributed by atoms with Crippen molar-refractivity contribution in [2.24, 2.45) is 17.8 Å². The van der Waals surface area contributed by atoms with Gasteiger partial charge in [0.1, 0.15) is 0 Å². The molecule has 0 aromatic carbocycles. The minimum atomic E-state index is -2.12. The summed E-state index contributed by atoms with van der Waals surface area (Å²) in [5, 5.41) is -2.12. The van der Waals surface area contributed by atoms with Gasteiger partial charge in [-0.25, -0.2) is 0 Å². The Balaban J connectivity index is 2.01. The molecule has 0 aromatic rings. The van der Waals surface area contributed by atoms with E-state index >= 15 is 0 Å². The van der Waals surface area contributed by atoms with Crippen LogP contribution in [0.25, 0.3) is 0 Å². The van der Waals surface area contributed by atoms with Crippen LogP contribution in [0.1, 0.15) is 19.3 Å². The van der Waals surface area contributed by atoms with Crippen molar-refractivity contribution in [1.29, 1.82) is 0 Å². The van der Waals surface area contributed by atoms with Crippen molar-refractivity contribution in [3.63, 3.8) is 0 Å². The van der Waals surface area contributed by atoms with Crippen molar-refractivity contribution in [2.75, 3.05) is 18.5 Å². The third-order valence-corrected chi connectivity index (χ3v) is 10.4. The van der Waals surface area contributed by atoms with Crippen molar-refractivity contribution < 1.29 is 0 Å². The molecule has 12 heavy (non-hydrogen) atoms. The molecule has 1 saturated carbocycles. The average Bonchev–Trinajstić information content (AvgIpc) is 1.76. The van der Waals surface area contributed by atoms with Crippen LogP contribution in [0.15, 0.2) is 0 Å². The molecule has 3 aliphatic heterocycles. The summed E-state index contributed by atoms with van der Waals surface area (Å²) in [6.07, 6.45) is 7.90. The Morgan fingerprint density at radius 3 is 1.33 bits per heavy atom. The van der Waals surface area contributed by atoms with Crippen molar-refractivity contribution in [1.82, 2.24) is 0 Å². The van der Waals surface area contributed by atoms with Gasteiger partial charge in [0.15, 0.2) is 0 Å². The van der Waals surface area contributed by atoms with Crippen molar-refractivity contribution >= 4 is 27.8 Å². The van der Waals surface area contributed by atoms with E-state index < -0.39 is 5.31 Å². The molecule has 0 radical (unpaired) electrons. The normalized spacial score (nSPS) is 56.2. The van der Waals surface area contributed by atoms with E-state index in [1.807, 2.05) is 0 Å². The molecule has 0 atom stereocenters. The number of rotatable bonds is 0. The van der Waals surface area contributed by atoms with E-state index in [2.05, 4.69) is 0 Å². The zero-order chi connectivity index (χ0) is 8.42. The Bertz CT molecular complexity index is 195. The maximum absolute atomic E-state index is 6.68. The molecule has 0 unspecified atom stereocenters. The van der Waals surface area contributed by atoms with E-state index in [1.165, 1.54) is 37.7 Å². The van der Waals surface area contributed by atoms with Gasteiger partial charge in [0.25, 0.3) is 0 Å². The summed E-state index contributed by atoms with van der Waals surface area (Å²) in [6.45, 7) is 0. The fourth-order valence-electron chi connectivity index (χ4n) is 4.05. The van der Waals surface area contributed by atoms with E-state index in [4.69, 9.17) is 22.5 Å². The van der Waals surface area contributed by atoms with E-state index in [0.29, 0.717) is 0 Å². The standard InChI is InChI=1S/C9H15Cl2P/c10-12(11)4-7-1-8(5-12)3-9(2-7)6-12/h7-9H,1-6H2. The fourth-order valence-corrected chi connectivity index (χ4v) is 12.3. The van der Waals surface area contributed by atoms with Crippen LogP contribution < -0.4 is 0 Å². The van der Waals surface area contributed by atoms with Gasteiger partial charge in [-0.3, -0.25) is 0 Å². The Morgan fingerprint density at radius 2 is 1.08 bits per heavy atom. The van der Waals surface area contributed by atoms with Crippen LogP contribution >= 0.6 is 27.8 Å². The van der Waals surface area contributed by atoms with Gasteiger partial charge in [0.2, 0.25) is 0 Å². The first-order valence-corrected chi connectivity index (χ1v) is 9.56. The fraction of sp³-hybridized carbons (Fsp3) is 1.00. The van der Waals surface area contributed by atoms with Crippen LogP contribution in [0, 0.1) is 17.8 Å². The van der Waals surface area contributed by atoms with Crippen LogP contribution in [0.2, 0.25) is 0 Å². The van der Waals surface area contributed by atoms with Crippen molar-refractivity contribution in [2.45, 2.75) is 19.3 Å². The quantitative estimate of drug-likeness (QED) is 0.548. The van der Waals surface area contributed by atoms with E-state index in [9.17, 15) is 0 Å². The molecule has 4 fully saturated rings. The maximum atomic E-state index is 6.68. The van der Waals surface area contributed by atoms with Gasteiger partial charge < -0.3 is 0 Å². The molecule has 4 bridgehead atoms. The SMILES string of the molecule is ClP12(Cl)CC3CC(CC(C3)C1)C2. The Labute approximate surface area is 83.5 Å². The Hall–Kier alpha value is 1.01. The second-order valence-electron chi connectivity index (χ2n) is 5.30. The molecule has 3 saturated heterocycles. The second-order valence-corrected chi connectivity index (χ2v) is 15.1. The molecular formula is C9H15Cl2P. The second kappa shape index (κ2) is 2.15. The first-order valence-electron chi connectivity index (χ1n) is 4.96. The van der Waals surface area contributed by atoms with Gasteiger partial charge in [-0.15, -0.1) is 0 Å². The van der Waals surface area contributed by atoms with Gasteiger partial charge in [-0.1, -0.05) is 0 Å². The van der Waals surface area contributed by atoms with Crippen LogP contribution in [-0.4, -0.2) is 18.5 Å². The summed E-state index contributed by atoms with van der Waals surface area (Å²) in [5.74, 6) is 2.72. The van der Waals surface area contributed by atoms with Crippen LogP contribution in [0.3, 0.4) is 0 Å². The Morgan fingerprint density at radius 1 is 0.750 bits per heavy atom. The molecule has 0 aromatic heterocycles. The summed E-state index contributed by atoms with van der Waals surface area (Å²) in [6, 6.07) is 0. The average molecular weight is 225 g/mol. The van der Waals surface area contributed by atoms with Crippen molar-refractivity contribution in [3.05, 3.63) is 0 Å². The van der Waals surface area contributed by atoms with Gasteiger partial charge in [0.05, 0.1) is 0 Å². The van der Waals surface area contributed by atoms with Crippen LogP contribution in [-0.2, 0) is 0 Å². The van der Waals surface area contributed by atoms with E-state index in [0.717, 1.165) is 17.8 Å². The minimum absolute atomic E-state index is 0.906. The predicted molar refractivity (Wildman–Crippen MR) is 57.5 cm³/mol. The molecule has 0 spiro atoms. The first kappa shape index (κ1) is 8.33. The first-order chi connectivity index (χ1) is 5.52. The van der Waals surface area contributed by atoms with Gasteiger partial charge in [0, 0.05) is 0 Å². The summed E-state index contributed by atoms with van der Waals surface area (Å²) in [7, 11) is 0. The van der Waals surface area contributed by atoms with Gasteiger partial charge in [-0.05, 0) is 0 Å². The number of hydrogen-bond acceptors (Lipinski definition) is 0. The molecule has 1 aliphatic carbocycles. The topological polar surface area (TPSA) is 0 Å². The molecule has 3 heterocycles. The summed E-state index contributed by atoms with van der Waals surface area (Å²) < 4.78 is 0. The van der Waals surface area contributed by atoms with Gasteiger partial charge in [-0.2, -0.15) is 0 Å². The van der Waals surface area contributed by atoms with E-state index in [1.54, 1.807) is 0 Å². The summed E-state index contributed by atoms with van der Waals surface area (Å²) in [5.41, 5.74) is 0. The molecule has 4 rings (SSSR count).